The average Bonchev–Trinajstić information content (AvgIpc) is 2.38. The molecule has 0 amide bonds. The number of hydrogen-bond donors (Lipinski definition) is 0. The lowest BCUT2D eigenvalue weighted by atomic mass is 10.1. The summed E-state index contributed by atoms with van der Waals surface area (Å²) >= 11 is 0. The second-order valence-corrected chi connectivity index (χ2v) is 5.08. The highest BCUT2D eigenvalue weighted by molar-refractivity contribution is 5.13. The lowest BCUT2D eigenvalue weighted by Crippen LogP contribution is -2.16. The van der Waals surface area contributed by atoms with Gasteiger partial charge in [0.05, 0.1) is 12.7 Å². The van der Waals surface area contributed by atoms with Crippen LogP contribution in [0, 0.1) is 5.92 Å². The van der Waals surface area contributed by atoms with E-state index in [4.69, 9.17) is 4.74 Å². The van der Waals surface area contributed by atoms with E-state index >= 15 is 0 Å². The molecular formula is C17H26O. The van der Waals surface area contributed by atoms with E-state index in [1.54, 1.807) is 0 Å². The van der Waals surface area contributed by atoms with Gasteiger partial charge < -0.3 is 4.74 Å². The van der Waals surface area contributed by atoms with Crippen molar-refractivity contribution in [1.29, 1.82) is 0 Å². The van der Waals surface area contributed by atoms with Gasteiger partial charge in [-0.15, -0.1) is 0 Å². The zero-order valence-corrected chi connectivity index (χ0v) is 11.9. The Labute approximate surface area is 112 Å². The van der Waals surface area contributed by atoms with E-state index in [0.717, 1.165) is 6.42 Å². The monoisotopic (exact) mass is 246 g/mol. The lowest BCUT2D eigenvalue weighted by Gasteiger charge is -2.18. The predicted octanol–water partition coefficient (Wildman–Crippen LogP) is 4.97. The fourth-order valence-corrected chi connectivity index (χ4v) is 1.79. The van der Waals surface area contributed by atoms with Gasteiger partial charge in [-0.1, -0.05) is 76.1 Å². The Hall–Kier alpha value is -1.08. The summed E-state index contributed by atoms with van der Waals surface area (Å²) in [5, 5.41) is 0. The minimum Gasteiger partial charge on any atom is -0.369 e. The first-order chi connectivity index (χ1) is 8.74. The van der Waals surface area contributed by atoms with Gasteiger partial charge in [-0.05, 0) is 17.9 Å². The second kappa shape index (κ2) is 8.93. The molecule has 0 radical (unpaired) electrons. The third kappa shape index (κ3) is 6.02. The van der Waals surface area contributed by atoms with E-state index in [-0.39, 0.29) is 6.10 Å². The lowest BCUT2D eigenvalue weighted by molar-refractivity contribution is 0.0427. The second-order valence-electron chi connectivity index (χ2n) is 5.08. The quantitative estimate of drug-likeness (QED) is 0.464. The number of allylic oxidation sites excluding steroid dienone is 1. The average molecular weight is 246 g/mol. The highest BCUT2D eigenvalue weighted by Gasteiger charge is 2.09. The molecule has 0 saturated carbocycles. The van der Waals surface area contributed by atoms with Crippen molar-refractivity contribution in [1.82, 2.24) is 0 Å². The molecule has 0 aliphatic carbocycles. The molecule has 18 heavy (non-hydrogen) atoms. The van der Waals surface area contributed by atoms with E-state index in [9.17, 15) is 0 Å². The van der Waals surface area contributed by atoms with Crippen molar-refractivity contribution in [3.8, 4) is 0 Å². The Kier molecular flexibility index (Phi) is 7.43. The number of hydrogen-bond acceptors (Lipinski definition) is 1. The van der Waals surface area contributed by atoms with Gasteiger partial charge >= 0.3 is 0 Å². The molecule has 0 spiro atoms. The van der Waals surface area contributed by atoms with Gasteiger partial charge in [0.15, 0.2) is 0 Å². The van der Waals surface area contributed by atoms with Gasteiger partial charge in [-0.2, -0.15) is 0 Å². The number of ether oxygens (including phenoxy) is 1. The topological polar surface area (TPSA) is 9.23 Å². The maximum absolute atomic E-state index is 5.98. The van der Waals surface area contributed by atoms with Crippen LogP contribution in [0.1, 0.15) is 45.6 Å². The minimum atomic E-state index is 0.224. The van der Waals surface area contributed by atoms with Crippen molar-refractivity contribution in [2.75, 3.05) is 0 Å². The van der Waals surface area contributed by atoms with Gasteiger partial charge in [0.2, 0.25) is 0 Å². The zero-order chi connectivity index (χ0) is 13.2. The van der Waals surface area contributed by atoms with Gasteiger partial charge in [-0.3, -0.25) is 0 Å². The molecule has 0 aliphatic heterocycles. The molecule has 0 aromatic heterocycles. The van der Waals surface area contributed by atoms with Crippen LogP contribution in [0.3, 0.4) is 0 Å². The van der Waals surface area contributed by atoms with Crippen molar-refractivity contribution in [3.63, 3.8) is 0 Å². The molecule has 0 bridgehead atoms. The smallest absolute Gasteiger partial charge is 0.0783 e. The molecule has 0 fully saturated rings. The van der Waals surface area contributed by atoms with Crippen LogP contribution in [0.15, 0.2) is 42.5 Å². The molecule has 0 unspecified atom stereocenters. The van der Waals surface area contributed by atoms with Crippen LogP contribution in [0.25, 0.3) is 0 Å². The highest BCUT2D eigenvalue weighted by atomic mass is 16.5. The minimum absolute atomic E-state index is 0.224. The molecule has 1 rings (SSSR count). The van der Waals surface area contributed by atoms with Crippen molar-refractivity contribution >= 4 is 0 Å². The maximum Gasteiger partial charge on any atom is 0.0783 e. The molecule has 1 aromatic rings. The van der Waals surface area contributed by atoms with Crippen LogP contribution >= 0.6 is 0 Å². The van der Waals surface area contributed by atoms with E-state index in [1.807, 2.05) is 6.07 Å². The Bertz CT molecular complexity index is 327. The maximum atomic E-state index is 5.98. The third-order valence-electron chi connectivity index (χ3n) is 2.99. The molecule has 0 saturated heterocycles. The zero-order valence-electron chi connectivity index (χ0n) is 11.9. The molecule has 0 N–H and O–H groups in total. The van der Waals surface area contributed by atoms with Crippen molar-refractivity contribution in [2.24, 2.45) is 5.92 Å². The first-order valence-electron chi connectivity index (χ1n) is 7.06. The summed E-state index contributed by atoms with van der Waals surface area (Å²) in [5.41, 5.74) is 1.24. The standard InChI is InChI=1S/C17H26O/c1-4-5-6-10-13-17(15(2)3)18-14-16-11-8-7-9-12-16/h7-13,15,17H,4-6,14H2,1-3H3/b13-10+/t17-/m0/s1. The largest absolute Gasteiger partial charge is 0.369 e. The van der Waals surface area contributed by atoms with Crippen LogP contribution in [0.2, 0.25) is 0 Å². The predicted molar refractivity (Wildman–Crippen MR) is 78.5 cm³/mol. The van der Waals surface area contributed by atoms with Crippen molar-refractivity contribution in [3.05, 3.63) is 48.0 Å². The van der Waals surface area contributed by atoms with E-state index < -0.39 is 0 Å². The normalized spacial score (nSPS) is 13.3. The summed E-state index contributed by atoms with van der Waals surface area (Å²) in [4.78, 5) is 0. The van der Waals surface area contributed by atoms with Crippen LogP contribution in [0.5, 0.6) is 0 Å². The molecular weight excluding hydrogens is 220 g/mol. The number of unbranched alkanes of at least 4 members (excludes halogenated alkanes) is 2. The summed E-state index contributed by atoms with van der Waals surface area (Å²) in [6.07, 6.45) is 8.39. The summed E-state index contributed by atoms with van der Waals surface area (Å²) in [6.45, 7) is 7.33. The number of benzene rings is 1. The van der Waals surface area contributed by atoms with Gasteiger partial charge in [0, 0.05) is 0 Å². The van der Waals surface area contributed by atoms with Crippen LogP contribution < -0.4 is 0 Å². The highest BCUT2D eigenvalue weighted by Crippen LogP contribution is 2.12. The van der Waals surface area contributed by atoms with Crippen molar-refractivity contribution < 1.29 is 4.74 Å². The third-order valence-corrected chi connectivity index (χ3v) is 2.99. The van der Waals surface area contributed by atoms with Crippen molar-refractivity contribution in [2.45, 2.75) is 52.7 Å². The first-order valence-corrected chi connectivity index (χ1v) is 7.06. The van der Waals surface area contributed by atoms with Gasteiger partial charge in [-0.25, -0.2) is 0 Å². The fraction of sp³-hybridized carbons (Fsp3) is 0.529. The fourth-order valence-electron chi connectivity index (χ4n) is 1.79. The molecule has 1 heteroatoms. The Balaban J connectivity index is 2.41. The summed E-state index contributed by atoms with van der Waals surface area (Å²) in [5.74, 6) is 0.520. The Morgan fingerprint density at radius 2 is 1.89 bits per heavy atom. The molecule has 0 heterocycles. The summed E-state index contributed by atoms with van der Waals surface area (Å²) in [7, 11) is 0. The molecule has 100 valence electrons. The summed E-state index contributed by atoms with van der Waals surface area (Å²) in [6, 6.07) is 10.4. The summed E-state index contributed by atoms with van der Waals surface area (Å²) < 4.78 is 5.98. The van der Waals surface area contributed by atoms with Crippen LogP contribution in [-0.4, -0.2) is 6.10 Å². The Morgan fingerprint density at radius 3 is 2.50 bits per heavy atom. The van der Waals surface area contributed by atoms with Crippen LogP contribution in [0.4, 0.5) is 0 Å². The molecule has 1 nitrogen and oxygen atoms in total. The van der Waals surface area contributed by atoms with Crippen LogP contribution in [-0.2, 0) is 11.3 Å². The molecule has 0 aliphatic rings. The number of rotatable bonds is 8. The molecule has 1 atom stereocenters. The first kappa shape index (κ1) is 15.0. The van der Waals surface area contributed by atoms with Gasteiger partial charge in [0.25, 0.3) is 0 Å². The van der Waals surface area contributed by atoms with E-state index in [0.29, 0.717) is 12.5 Å². The van der Waals surface area contributed by atoms with E-state index in [2.05, 4.69) is 57.2 Å². The Morgan fingerprint density at radius 1 is 1.17 bits per heavy atom. The molecule has 1 aromatic carbocycles. The SMILES string of the molecule is CCCC/C=C/[C@H](OCc1ccccc1)C(C)C. The van der Waals surface area contributed by atoms with E-state index in [1.165, 1.54) is 18.4 Å². The van der Waals surface area contributed by atoms with Gasteiger partial charge in [0.1, 0.15) is 0 Å².